The van der Waals surface area contributed by atoms with Gasteiger partial charge in [-0.25, -0.2) is 0 Å². The summed E-state index contributed by atoms with van der Waals surface area (Å²) in [6.45, 7) is 2.38. The van der Waals surface area contributed by atoms with Crippen LogP contribution in [0.5, 0.6) is 5.75 Å². The SMILES string of the molecule is CC[C@@H](N)c1ccccc1OCc1ccc([N+](=O)[O-])cc1. The predicted octanol–water partition coefficient (Wildman–Crippen LogP) is 3.58. The van der Waals surface area contributed by atoms with Gasteiger partial charge >= 0.3 is 0 Å². The van der Waals surface area contributed by atoms with E-state index >= 15 is 0 Å². The van der Waals surface area contributed by atoms with Crippen LogP contribution in [0.1, 0.15) is 30.5 Å². The van der Waals surface area contributed by atoms with E-state index in [1.54, 1.807) is 12.1 Å². The second-order valence-corrected chi connectivity index (χ2v) is 4.76. The molecule has 0 heterocycles. The third-order valence-electron chi connectivity index (χ3n) is 3.30. The molecule has 0 spiro atoms. The first-order valence-electron chi connectivity index (χ1n) is 6.82. The lowest BCUT2D eigenvalue weighted by Crippen LogP contribution is -2.10. The van der Waals surface area contributed by atoms with Gasteiger partial charge in [0.2, 0.25) is 0 Å². The monoisotopic (exact) mass is 286 g/mol. The Bertz CT molecular complexity index is 611. The average Bonchev–Trinajstić information content (AvgIpc) is 2.52. The molecule has 21 heavy (non-hydrogen) atoms. The molecule has 0 amide bonds. The summed E-state index contributed by atoms with van der Waals surface area (Å²) in [6, 6.07) is 14.0. The number of nitro groups is 1. The first-order chi connectivity index (χ1) is 10.1. The van der Waals surface area contributed by atoms with E-state index in [1.807, 2.05) is 31.2 Å². The molecule has 2 aromatic rings. The van der Waals surface area contributed by atoms with Crippen LogP contribution in [0, 0.1) is 10.1 Å². The topological polar surface area (TPSA) is 78.4 Å². The molecule has 5 nitrogen and oxygen atoms in total. The Morgan fingerprint density at radius 3 is 2.48 bits per heavy atom. The number of nitrogens with two attached hydrogens (primary N) is 1. The molecule has 0 radical (unpaired) electrons. The summed E-state index contributed by atoms with van der Waals surface area (Å²) in [6.07, 6.45) is 0.831. The molecule has 0 aromatic heterocycles. The van der Waals surface area contributed by atoms with Crippen molar-refractivity contribution in [2.24, 2.45) is 5.73 Å². The van der Waals surface area contributed by atoms with Crippen LogP contribution in [0.25, 0.3) is 0 Å². The Labute approximate surface area is 123 Å². The molecular formula is C16H18N2O3. The third-order valence-corrected chi connectivity index (χ3v) is 3.30. The summed E-state index contributed by atoms with van der Waals surface area (Å²) >= 11 is 0. The van der Waals surface area contributed by atoms with Crippen molar-refractivity contribution in [3.05, 3.63) is 69.8 Å². The molecule has 2 rings (SSSR count). The summed E-state index contributed by atoms with van der Waals surface area (Å²) in [7, 11) is 0. The van der Waals surface area contributed by atoms with E-state index in [0.717, 1.165) is 23.3 Å². The summed E-state index contributed by atoms with van der Waals surface area (Å²) in [5.41, 5.74) is 7.99. The number of nitro benzene ring substituents is 1. The largest absolute Gasteiger partial charge is 0.489 e. The molecule has 1 atom stereocenters. The predicted molar refractivity (Wildman–Crippen MR) is 81.1 cm³/mol. The molecule has 0 aliphatic heterocycles. The maximum atomic E-state index is 10.6. The third kappa shape index (κ3) is 3.79. The van der Waals surface area contributed by atoms with Gasteiger partial charge in [0.1, 0.15) is 12.4 Å². The van der Waals surface area contributed by atoms with Crippen LogP contribution in [0.3, 0.4) is 0 Å². The van der Waals surface area contributed by atoms with E-state index in [4.69, 9.17) is 10.5 Å². The highest BCUT2D eigenvalue weighted by Gasteiger charge is 2.10. The van der Waals surface area contributed by atoms with Gasteiger partial charge in [0.25, 0.3) is 5.69 Å². The molecule has 5 heteroatoms. The summed E-state index contributed by atoms with van der Waals surface area (Å²) < 4.78 is 5.80. The lowest BCUT2D eigenvalue weighted by atomic mass is 10.0. The van der Waals surface area contributed by atoms with Crippen LogP contribution in [0.4, 0.5) is 5.69 Å². The average molecular weight is 286 g/mol. The quantitative estimate of drug-likeness (QED) is 0.650. The van der Waals surface area contributed by atoms with Gasteiger partial charge in [-0.2, -0.15) is 0 Å². The van der Waals surface area contributed by atoms with Gasteiger partial charge in [-0.1, -0.05) is 25.1 Å². The van der Waals surface area contributed by atoms with Crippen molar-refractivity contribution in [3.8, 4) is 5.75 Å². The van der Waals surface area contributed by atoms with E-state index in [2.05, 4.69) is 0 Å². The number of rotatable bonds is 6. The van der Waals surface area contributed by atoms with Crippen molar-refractivity contribution in [1.29, 1.82) is 0 Å². The zero-order valence-electron chi connectivity index (χ0n) is 11.9. The zero-order valence-corrected chi connectivity index (χ0v) is 11.9. The van der Waals surface area contributed by atoms with Gasteiger partial charge < -0.3 is 10.5 Å². The normalized spacial score (nSPS) is 11.9. The molecule has 0 fully saturated rings. The molecule has 0 aliphatic rings. The van der Waals surface area contributed by atoms with Crippen LogP contribution in [-0.4, -0.2) is 4.92 Å². The minimum absolute atomic E-state index is 0.0574. The zero-order chi connectivity index (χ0) is 15.2. The maximum Gasteiger partial charge on any atom is 0.269 e. The van der Waals surface area contributed by atoms with Crippen molar-refractivity contribution in [3.63, 3.8) is 0 Å². The fraction of sp³-hybridized carbons (Fsp3) is 0.250. The van der Waals surface area contributed by atoms with Crippen LogP contribution in [0.2, 0.25) is 0 Å². The second-order valence-electron chi connectivity index (χ2n) is 4.76. The van der Waals surface area contributed by atoms with Gasteiger partial charge in [0, 0.05) is 23.7 Å². The minimum atomic E-state index is -0.416. The molecule has 0 saturated carbocycles. The molecule has 0 unspecified atom stereocenters. The van der Waals surface area contributed by atoms with Crippen LogP contribution in [0.15, 0.2) is 48.5 Å². The maximum absolute atomic E-state index is 10.6. The Morgan fingerprint density at radius 1 is 1.19 bits per heavy atom. The lowest BCUT2D eigenvalue weighted by molar-refractivity contribution is -0.384. The number of hydrogen-bond donors (Lipinski definition) is 1. The van der Waals surface area contributed by atoms with Crippen molar-refractivity contribution < 1.29 is 9.66 Å². The smallest absolute Gasteiger partial charge is 0.269 e. The number of non-ortho nitro benzene ring substituents is 1. The standard InChI is InChI=1S/C16H18N2O3/c1-2-15(17)14-5-3-4-6-16(14)21-11-12-7-9-13(10-8-12)18(19)20/h3-10,15H,2,11,17H2,1H3/t15-/m1/s1. The van der Waals surface area contributed by atoms with E-state index in [0.29, 0.717) is 6.61 Å². The van der Waals surface area contributed by atoms with Gasteiger partial charge in [0.05, 0.1) is 4.92 Å². The summed E-state index contributed by atoms with van der Waals surface area (Å²) in [5, 5.41) is 10.6. The van der Waals surface area contributed by atoms with Gasteiger partial charge in [-0.05, 0) is 30.2 Å². The Kier molecular flexibility index (Phi) is 4.90. The molecule has 0 saturated heterocycles. The number of benzene rings is 2. The molecule has 0 aliphatic carbocycles. The lowest BCUT2D eigenvalue weighted by Gasteiger charge is -2.15. The highest BCUT2D eigenvalue weighted by Crippen LogP contribution is 2.26. The fourth-order valence-corrected chi connectivity index (χ4v) is 2.01. The summed E-state index contributed by atoms with van der Waals surface area (Å²) in [5.74, 6) is 0.755. The van der Waals surface area contributed by atoms with Gasteiger partial charge in [-0.15, -0.1) is 0 Å². The fourth-order valence-electron chi connectivity index (χ4n) is 2.01. The number of hydrogen-bond acceptors (Lipinski definition) is 4. The van der Waals surface area contributed by atoms with Crippen molar-refractivity contribution in [2.75, 3.05) is 0 Å². The molecule has 0 bridgehead atoms. The van der Waals surface area contributed by atoms with Gasteiger partial charge in [-0.3, -0.25) is 10.1 Å². The van der Waals surface area contributed by atoms with Crippen molar-refractivity contribution in [2.45, 2.75) is 26.0 Å². The van der Waals surface area contributed by atoms with E-state index in [-0.39, 0.29) is 11.7 Å². The number of nitrogens with zero attached hydrogens (tertiary/aromatic N) is 1. The van der Waals surface area contributed by atoms with E-state index in [9.17, 15) is 10.1 Å². The Hall–Kier alpha value is -2.40. The molecule has 110 valence electrons. The Balaban J connectivity index is 2.08. The molecular weight excluding hydrogens is 268 g/mol. The highest BCUT2D eigenvalue weighted by atomic mass is 16.6. The number of ether oxygens (including phenoxy) is 1. The second kappa shape index (κ2) is 6.85. The van der Waals surface area contributed by atoms with Gasteiger partial charge in [0.15, 0.2) is 0 Å². The Morgan fingerprint density at radius 2 is 1.86 bits per heavy atom. The highest BCUT2D eigenvalue weighted by molar-refractivity contribution is 5.36. The summed E-state index contributed by atoms with van der Waals surface area (Å²) in [4.78, 5) is 10.2. The first-order valence-corrected chi connectivity index (χ1v) is 6.82. The molecule has 2 N–H and O–H groups in total. The van der Waals surface area contributed by atoms with Crippen molar-refractivity contribution >= 4 is 5.69 Å². The number of para-hydroxylation sites is 1. The minimum Gasteiger partial charge on any atom is -0.489 e. The van der Waals surface area contributed by atoms with Crippen LogP contribution in [-0.2, 0) is 6.61 Å². The first kappa shape index (κ1) is 15.0. The van der Waals surface area contributed by atoms with E-state index < -0.39 is 4.92 Å². The van der Waals surface area contributed by atoms with Crippen LogP contribution >= 0.6 is 0 Å². The van der Waals surface area contributed by atoms with Crippen LogP contribution < -0.4 is 10.5 Å². The molecule has 2 aromatic carbocycles. The van der Waals surface area contributed by atoms with E-state index in [1.165, 1.54) is 12.1 Å². The van der Waals surface area contributed by atoms with Crippen molar-refractivity contribution in [1.82, 2.24) is 0 Å².